The van der Waals surface area contributed by atoms with Gasteiger partial charge in [-0.25, -0.2) is 4.79 Å². The first-order valence-corrected chi connectivity index (χ1v) is 4.17. The van der Waals surface area contributed by atoms with Crippen molar-refractivity contribution in [1.82, 2.24) is 0 Å². The van der Waals surface area contributed by atoms with E-state index in [9.17, 15) is 18.0 Å². The Kier molecular flexibility index (Phi) is 6.66. The van der Waals surface area contributed by atoms with Gasteiger partial charge >= 0.3 is 31.2 Å². The molecule has 0 aliphatic carbocycles. The summed E-state index contributed by atoms with van der Waals surface area (Å²) in [5, 5.41) is 0. The quantitative estimate of drug-likeness (QED) is 0.318. The Morgan fingerprint density at radius 3 is 2.35 bits per heavy atom. The molecule has 0 spiro atoms. The molecule has 17 heavy (non-hydrogen) atoms. The number of carbonyl (C=O) groups is 1. The second-order valence-electron chi connectivity index (χ2n) is 2.68. The summed E-state index contributed by atoms with van der Waals surface area (Å²) in [4.78, 5) is 17.1. The molecule has 1 aromatic carbocycles. The van der Waals surface area contributed by atoms with E-state index in [4.69, 9.17) is 0 Å². The molecule has 3 nitrogen and oxygen atoms in total. The van der Waals surface area contributed by atoms with Gasteiger partial charge in [0.2, 0.25) is 0 Å². The minimum Gasteiger partial charge on any atom is -1.00 e. The van der Waals surface area contributed by atoms with E-state index in [2.05, 4.69) is 9.78 Å². The second-order valence-corrected chi connectivity index (χ2v) is 2.68. The molecule has 1 rings (SSSR count). The minimum atomic E-state index is -4.99. The van der Waals surface area contributed by atoms with Crippen LogP contribution in [0.4, 0.5) is 13.2 Å². The molecule has 0 atom stereocenters. The first-order valence-electron chi connectivity index (χ1n) is 4.17. The van der Waals surface area contributed by atoms with E-state index in [0.717, 1.165) is 6.08 Å². The molecule has 0 heterocycles. The SMILES string of the molecule is O=C(C=Cc1ccccc1)OOC(F)(F)F.[H-].[Li+]. The van der Waals surface area contributed by atoms with Crippen LogP contribution in [0.5, 0.6) is 0 Å². The molecule has 1 aromatic rings. The molecule has 7 heteroatoms. The molecule has 0 amide bonds. The third-order valence-electron chi connectivity index (χ3n) is 1.43. The molecule has 0 N–H and O–H groups in total. The van der Waals surface area contributed by atoms with Crippen LogP contribution in [0.2, 0.25) is 0 Å². The van der Waals surface area contributed by atoms with Crippen LogP contribution in [-0.2, 0) is 14.6 Å². The van der Waals surface area contributed by atoms with Crippen molar-refractivity contribution in [3.05, 3.63) is 42.0 Å². The van der Waals surface area contributed by atoms with E-state index < -0.39 is 12.3 Å². The molecule has 0 aromatic heterocycles. The number of carbonyl (C=O) groups excluding carboxylic acids is 1. The Morgan fingerprint density at radius 1 is 1.24 bits per heavy atom. The number of hydrogen-bond acceptors (Lipinski definition) is 3. The molecular weight excluding hydrogens is 232 g/mol. The first kappa shape index (κ1) is 15.8. The van der Waals surface area contributed by atoms with Crippen LogP contribution >= 0.6 is 0 Å². The Bertz CT molecular complexity index is 382. The van der Waals surface area contributed by atoms with Crippen LogP contribution < -0.4 is 18.9 Å². The standard InChI is InChI=1S/C10H7F3O3.Li.H/c11-10(12,13)16-15-9(14)7-6-8-4-2-1-3-5-8;;/h1-7H;;/q;+1;-1. The zero-order chi connectivity index (χ0) is 12.0. The molecule has 0 aliphatic heterocycles. The van der Waals surface area contributed by atoms with Gasteiger partial charge in [0, 0.05) is 6.08 Å². The van der Waals surface area contributed by atoms with E-state index in [1.807, 2.05) is 0 Å². The third kappa shape index (κ3) is 7.63. The molecule has 0 saturated carbocycles. The minimum absolute atomic E-state index is 0. The molecule has 0 saturated heterocycles. The summed E-state index contributed by atoms with van der Waals surface area (Å²) in [6.07, 6.45) is -2.85. The Hall–Kier alpha value is -1.22. The molecule has 0 unspecified atom stereocenters. The number of rotatable bonds is 3. The third-order valence-corrected chi connectivity index (χ3v) is 1.43. The van der Waals surface area contributed by atoms with Crippen molar-refractivity contribution in [2.24, 2.45) is 0 Å². The summed E-state index contributed by atoms with van der Waals surface area (Å²) in [5.41, 5.74) is 0.659. The predicted molar refractivity (Wildman–Crippen MR) is 49.8 cm³/mol. The average molecular weight is 240 g/mol. The van der Waals surface area contributed by atoms with Crippen molar-refractivity contribution >= 4 is 12.0 Å². The number of alkyl halides is 3. The van der Waals surface area contributed by atoms with Crippen molar-refractivity contribution in [3.63, 3.8) is 0 Å². The van der Waals surface area contributed by atoms with Gasteiger partial charge in [-0.1, -0.05) is 35.2 Å². The summed E-state index contributed by atoms with van der Waals surface area (Å²) < 4.78 is 34.4. The molecular formula is C10H8F3LiO3. The van der Waals surface area contributed by atoms with E-state index in [0.29, 0.717) is 5.56 Å². The van der Waals surface area contributed by atoms with Gasteiger partial charge in [-0.3, -0.25) is 4.89 Å². The maximum absolute atomic E-state index is 11.5. The fraction of sp³-hybridized carbons (Fsp3) is 0.100. The maximum atomic E-state index is 11.5. The zero-order valence-corrected chi connectivity index (χ0v) is 8.90. The van der Waals surface area contributed by atoms with Gasteiger partial charge in [0.25, 0.3) is 0 Å². The fourth-order valence-electron chi connectivity index (χ4n) is 0.845. The van der Waals surface area contributed by atoms with E-state index in [1.54, 1.807) is 30.3 Å². The van der Waals surface area contributed by atoms with Crippen LogP contribution in [0.1, 0.15) is 6.99 Å². The molecule has 0 aliphatic rings. The van der Waals surface area contributed by atoms with Gasteiger partial charge in [0.1, 0.15) is 0 Å². The van der Waals surface area contributed by atoms with Gasteiger partial charge in [0.05, 0.1) is 0 Å². The van der Waals surface area contributed by atoms with Gasteiger partial charge in [0.15, 0.2) is 0 Å². The molecule has 0 bridgehead atoms. The molecule has 88 valence electrons. The predicted octanol–water partition coefficient (Wildman–Crippen LogP) is -0.189. The van der Waals surface area contributed by atoms with Crippen molar-refractivity contribution in [2.75, 3.05) is 0 Å². The van der Waals surface area contributed by atoms with Crippen LogP contribution in [-0.4, -0.2) is 12.3 Å². The second kappa shape index (κ2) is 7.17. The summed E-state index contributed by atoms with van der Waals surface area (Å²) in [6, 6.07) is 8.56. The maximum Gasteiger partial charge on any atom is 1.00 e. The Morgan fingerprint density at radius 2 is 1.82 bits per heavy atom. The molecule has 0 radical (unpaired) electrons. The number of hydrogen-bond donors (Lipinski definition) is 0. The van der Waals surface area contributed by atoms with Crippen LogP contribution in [0.15, 0.2) is 36.4 Å². The molecule has 0 fully saturated rings. The Balaban J connectivity index is 0. The average Bonchev–Trinajstić information content (AvgIpc) is 2.24. The fourth-order valence-corrected chi connectivity index (χ4v) is 0.845. The smallest absolute Gasteiger partial charge is 1.00 e. The number of benzene rings is 1. The van der Waals surface area contributed by atoms with Crippen molar-refractivity contribution in [3.8, 4) is 0 Å². The van der Waals surface area contributed by atoms with Gasteiger partial charge < -0.3 is 1.43 Å². The summed E-state index contributed by atoms with van der Waals surface area (Å²) >= 11 is 0. The Labute approximate surface area is 109 Å². The van der Waals surface area contributed by atoms with E-state index in [1.165, 1.54) is 6.08 Å². The van der Waals surface area contributed by atoms with E-state index in [-0.39, 0.29) is 20.3 Å². The largest absolute Gasteiger partial charge is 1.00 e. The van der Waals surface area contributed by atoms with Gasteiger partial charge in [-0.05, 0) is 11.6 Å². The first-order chi connectivity index (χ1) is 7.47. The van der Waals surface area contributed by atoms with E-state index >= 15 is 0 Å². The number of halogens is 3. The zero-order valence-electron chi connectivity index (χ0n) is 9.90. The van der Waals surface area contributed by atoms with Crippen LogP contribution in [0, 0.1) is 0 Å². The van der Waals surface area contributed by atoms with Crippen LogP contribution in [0.25, 0.3) is 6.08 Å². The summed E-state index contributed by atoms with van der Waals surface area (Å²) in [7, 11) is 0. The van der Waals surface area contributed by atoms with Crippen molar-refractivity contribution in [2.45, 2.75) is 6.36 Å². The topological polar surface area (TPSA) is 35.5 Å². The normalized spacial score (nSPS) is 11.0. The van der Waals surface area contributed by atoms with Crippen molar-refractivity contribution < 1.29 is 48.0 Å². The van der Waals surface area contributed by atoms with Crippen molar-refractivity contribution in [1.29, 1.82) is 0 Å². The summed E-state index contributed by atoms with van der Waals surface area (Å²) in [5.74, 6) is -1.24. The monoisotopic (exact) mass is 240 g/mol. The summed E-state index contributed by atoms with van der Waals surface area (Å²) in [6.45, 7) is 0. The van der Waals surface area contributed by atoms with Gasteiger partial charge in [-0.2, -0.15) is 0 Å². The van der Waals surface area contributed by atoms with Crippen LogP contribution in [0.3, 0.4) is 0 Å². The van der Waals surface area contributed by atoms with Gasteiger partial charge in [-0.15, -0.1) is 13.2 Å².